The van der Waals surface area contributed by atoms with Crippen LogP contribution in [0.3, 0.4) is 0 Å². The average Bonchev–Trinajstić information content (AvgIpc) is 2.82. The van der Waals surface area contributed by atoms with Crippen molar-refractivity contribution in [1.29, 1.82) is 0 Å². The van der Waals surface area contributed by atoms with Gasteiger partial charge in [-0.15, -0.1) is 0 Å². The summed E-state index contributed by atoms with van der Waals surface area (Å²) in [5.74, 6) is 1.12. The van der Waals surface area contributed by atoms with E-state index in [-0.39, 0.29) is 23.7 Å². The summed E-state index contributed by atoms with van der Waals surface area (Å²) in [5, 5.41) is 5.94. The fourth-order valence-corrected chi connectivity index (χ4v) is 3.74. The van der Waals surface area contributed by atoms with Gasteiger partial charge < -0.3 is 20.1 Å². The average molecular weight is 435 g/mol. The van der Waals surface area contributed by atoms with Gasteiger partial charge in [-0.2, -0.15) is 0 Å². The van der Waals surface area contributed by atoms with Gasteiger partial charge in [0.2, 0.25) is 11.8 Å². The van der Waals surface area contributed by atoms with E-state index in [4.69, 9.17) is 9.47 Å². The van der Waals surface area contributed by atoms with Crippen LogP contribution in [0, 0.1) is 11.8 Å². The highest BCUT2D eigenvalue weighted by Crippen LogP contribution is 2.31. The van der Waals surface area contributed by atoms with Crippen LogP contribution in [0.25, 0.3) is 0 Å². The first-order valence-electron chi connectivity index (χ1n) is 10.9. The van der Waals surface area contributed by atoms with Gasteiger partial charge in [-0.3, -0.25) is 9.59 Å². The summed E-state index contributed by atoms with van der Waals surface area (Å²) in [6, 6.07) is 14.6. The summed E-state index contributed by atoms with van der Waals surface area (Å²) in [5.41, 5.74) is 1.41. The third-order valence-electron chi connectivity index (χ3n) is 5.41. The van der Waals surface area contributed by atoms with Gasteiger partial charge in [0, 0.05) is 35.3 Å². The third-order valence-corrected chi connectivity index (χ3v) is 5.41. The van der Waals surface area contributed by atoms with Crippen LogP contribution in [0.15, 0.2) is 73.8 Å². The lowest BCUT2D eigenvalue weighted by Crippen LogP contribution is -2.32. The quantitative estimate of drug-likeness (QED) is 0.504. The van der Waals surface area contributed by atoms with Crippen LogP contribution in [0.4, 0.5) is 11.4 Å². The van der Waals surface area contributed by atoms with Crippen LogP contribution in [0.1, 0.15) is 25.7 Å². The molecule has 32 heavy (non-hydrogen) atoms. The molecule has 2 amide bonds. The van der Waals surface area contributed by atoms with E-state index in [0.29, 0.717) is 61.8 Å². The number of hydrogen-bond acceptors (Lipinski definition) is 4. The molecular formula is C26H30N2O4. The second kappa shape index (κ2) is 11.7. The van der Waals surface area contributed by atoms with Crippen LogP contribution in [-0.2, 0) is 9.59 Å². The van der Waals surface area contributed by atoms with E-state index in [1.54, 1.807) is 24.3 Å². The number of anilines is 2. The second-order valence-electron chi connectivity index (χ2n) is 7.78. The van der Waals surface area contributed by atoms with Crippen molar-refractivity contribution >= 4 is 23.2 Å². The predicted molar refractivity (Wildman–Crippen MR) is 127 cm³/mol. The van der Waals surface area contributed by atoms with Crippen molar-refractivity contribution in [2.24, 2.45) is 11.8 Å². The molecule has 1 fully saturated rings. The molecule has 0 heterocycles. The van der Waals surface area contributed by atoms with Gasteiger partial charge in [0.05, 0.1) is 0 Å². The van der Waals surface area contributed by atoms with Gasteiger partial charge in [0.15, 0.2) is 0 Å². The molecule has 2 aromatic carbocycles. The monoisotopic (exact) mass is 434 g/mol. The molecule has 0 aromatic heterocycles. The minimum absolute atomic E-state index is 0.0169. The fourth-order valence-electron chi connectivity index (χ4n) is 3.74. The van der Waals surface area contributed by atoms with E-state index in [1.807, 2.05) is 36.4 Å². The van der Waals surface area contributed by atoms with E-state index < -0.39 is 0 Å². The fraction of sp³-hybridized carbons (Fsp3) is 0.308. The van der Waals surface area contributed by atoms with Gasteiger partial charge in [-0.25, -0.2) is 0 Å². The molecule has 0 atom stereocenters. The molecular weight excluding hydrogens is 404 g/mol. The molecule has 0 aliphatic heterocycles. The maximum atomic E-state index is 12.7. The molecule has 1 aliphatic rings. The molecule has 1 aliphatic carbocycles. The topological polar surface area (TPSA) is 76.7 Å². The van der Waals surface area contributed by atoms with Gasteiger partial charge >= 0.3 is 0 Å². The summed E-state index contributed by atoms with van der Waals surface area (Å²) < 4.78 is 11.0. The molecule has 2 aromatic rings. The van der Waals surface area contributed by atoms with Crippen LogP contribution in [0.2, 0.25) is 0 Å². The Morgan fingerprint density at radius 1 is 0.781 bits per heavy atom. The van der Waals surface area contributed by atoms with E-state index in [2.05, 4.69) is 23.8 Å². The summed E-state index contributed by atoms with van der Waals surface area (Å²) in [4.78, 5) is 25.4. The van der Waals surface area contributed by atoms with E-state index in [9.17, 15) is 9.59 Å². The number of hydrogen-bond donors (Lipinski definition) is 2. The van der Waals surface area contributed by atoms with E-state index in [0.717, 1.165) is 0 Å². The van der Waals surface area contributed by atoms with Crippen molar-refractivity contribution in [3.05, 3.63) is 73.8 Å². The van der Waals surface area contributed by atoms with Crippen LogP contribution >= 0.6 is 0 Å². The number of rotatable bonds is 10. The first-order valence-corrected chi connectivity index (χ1v) is 10.9. The SMILES string of the molecule is C=CCOc1cccc(NC(=O)C2CCC(C(=O)Nc3cccc(OCC=C)c3)CC2)c1. The zero-order valence-corrected chi connectivity index (χ0v) is 18.2. The summed E-state index contributed by atoms with van der Waals surface area (Å²) in [7, 11) is 0. The number of benzene rings is 2. The predicted octanol–water partition coefficient (Wildman–Crippen LogP) is 5.20. The zero-order chi connectivity index (χ0) is 22.8. The number of ether oxygens (including phenoxy) is 2. The summed E-state index contributed by atoms with van der Waals surface area (Å²) in [6.45, 7) is 8.09. The standard InChI is InChI=1S/C26H30N2O4/c1-3-15-31-23-9-5-7-21(17-23)27-25(29)19-11-13-20(14-12-19)26(30)28-22-8-6-10-24(18-22)32-16-4-2/h3-10,17-20H,1-2,11-16H2,(H,27,29)(H,28,30). The Kier molecular flexibility index (Phi) is 8.49. The van der Waals surface area contributed by atoms with Crippen LogP contribution < -0.4 is 20.1 Å². The van der Waals surface area contributed by atoms with Crippen LogP contribution in [-0.4, -0.2) is 25.0 Å². The van der Waals surface area contributed by atoms with Gasteiger partial charge in [0.1, 0.15) is 24.7 Å². The van der Waals surface area contributed by atoms with E-state index in [1.165, 1.54) is 0 Å². The lowest BCUT2D eigenvalue weighted by Gasteiger charge is -2.27. The van der Waals surface area contributed by atoms with Crippen molar-refractivity contribution in [2.75, 3.05) is 23.8 Å². The molecule has 0 bridgehead atoms. The molecule has 0 spiro atoms. The highest BCUT2D eigenvalue weighted by Gasteiger charge is 2.30. The van der Waals surface area contributed by atoms with E-state index >= 15 is 0 Å². The third kappa shape index (κ3) is 6.74. The first-order chi connectivity index (χ1) is 15.6. The first kappa shape index (κ1) is 23.1. The molecule has 0 unspecified atom stereocenters. The highest BCUT2D eigenvalue weighted by molar-refractivity contribution is 5.94. The van der Waals surface area contributed by atoms with Crippen molar-refractivity contribution < 1.29 is 19.1 Å². The van der Waals surface area contributed by atoms with Crippen molar-refractivity contribution in [2.45, 2.75) is 25.7 Å². The lowest BCUT2D eigenvalue weighted by atomic mass is 9.81. The Balaban J connectivity index is 1.48. The molecule has 1 saturated carbocycles. The number of carbonyl (C=O) groups excluding carboxylic acids is 2. The summed E-state index contributed by atoms with van der Waals surface area (Å²) >= 11 is 0. The number of nitrogens with one attached hydrogen (secondary N) is 2. The Labute approximate surface area is 189 Å². The maximum absolute atomic E-state index is 12.7. The maximum Gasteiger partial charge on any atom is 0.227 e. The zero-order valence-electron chi connectivity index (χ0n) is 18.2. The van der Waals surface area contributed by atoms with Gasteiger partial charge in [-0.05, 0) is 49.9 Å². The number of carbonyl (C=O) groups is 2. The lowest BCUT2D eigenvalue weighted by molar-refractivity contribution is -0.125. The molecule has 6 nitrogen and oxygen atoms in total. The Morgan fingerprint density at radius 3 is 1.56 bits per heavy atom. The Bertz CT molecular complexity index is 871. The summed E-state index contributed by atoms with van der Waals surface area (Å²) in [6.07, 6.45) is 6.07. The molecule has 6 heteroatoms. The van der Waals surface area contributed by atoms with Crippen molar-refractivity contribution in [3.63, 3.8) is 0 Å². The molecule has 0 radical (unpaired) electrons. The smallest absolute Gasteiger partial charge is 0.227 e. The molecule has 168 valence electrons. The number of amides is 2. The molecule has 2 N–H and O–H groups in total. The van der Waals surface area contributed by atoms with Crippen molar-refractivity contribution in [3.8, 4) is 11.5 Å². The minimum atomic E-state index is -0.104. The second-order valence-corrected chi connectivity index (χ2v) is 7.78. The molecule has 3 rings (SSSR count). The Hall–Kier alpha value is -3.54. The largest absolute Gasteiger partial charge is 0.489 e. The normalized spacial score (nSPS) is 17.6. The van der Waals surface area contributed by atoms with Gasteiger partial charge in [0.25, 0.3) is 0 Å². The van der Waals surface area contributed by atoms with Gasteiger partial charge in [-0.1, -0.05) is 37.4 Å². The Morgan fingerprint density at radius 2 is 1.19 bits per heavy atom. The van der Waals surface area contributed by atoms with Crippen molar-refractivity contribution in [1.82, 2.24) is 0 Å². The highest BCUT2D eigenvalue weighted by atomic mass is 16.5. The van der Waals surface area contributed by atoms with Crippen LogP contribution in [0.5, 0.6) is 11.5 Å². The molecule has 0 saturated heterocycles. The minimum Gasteiger partial charge on any atom is -0.489 e.